The molecule has 4 rings (SSSR count). The number of amides is 1. The maximum Gasteiger partial charge on any atom is 0.256 e. The number of H-pyrrole nitrogens is 1. The summed E-state index contributed by atoms with van der Waals surface area (Å²) in [7, 11) is 0. The summed E-state index contributed by atoms with van der Waals surface area (Å²) in [6, 6.07) is 2.98. The van der Waals surface area contributed by atoms with E-state index in [9.17, 15) is 9.18 Å². The minimum absolute atomic E-state index is 0.0669. The Bertz CT molecular complexity index is 867. The summed E-state index contributed by atoms with van der Waals surface area (Å²) < 4.78 is 15.7. The summed E-state index contributed by atoms with van der Waals surface area (Å²) >= 11 is 0. The minimum Gasteiger partial charge on any atom is -0.368 e. The van der Waals surface area contributed by atoms with Crippen molar-refractivity contribution in [3.63, 3.8) is 0 Å². The molecule has 1 aliphatic rings. The molecule has 0 atom stereocenters. The second-order valence-electron chi connectivity index (χ2n) is 5.06. The van der Waals surface area contributed by atoms with Crippen molar-refractivity contribution in [1.29, 1.82) is 0 Å². The monoisotopic (exact) mass is 300 g/mol. The van der Waals surface area contributed by atoms with Crippen LogP contribution in [0.2, 0.25) is 0 Å². The second-order valence-corrected chi connectivity index (χ2v) is 5.06. The van der Waals surface area contributed by atoms with Crippen LogP contribution in [-0.2, 0) is 13.1 Å². The molecule has 1 aromatic carbocycles. The van der Waals surface area contributed by atoms with E-state index in [-0.39, 0.29) is 12.5 Å². The van der Waals surface area contributed by atoms with Gasteiger partial charge in [0.2, 0.25) is 0 Å². The van der Waals surface area contributed by atoms with Gasteiger partial charge < -0.3 is 15.6 Å². The summed E-state index contributed by atoms with van der Waals surface area (Å²) in [5.74, 6) is 0.0248. The van der Waals surface area contributed by atoms with E-state index in [1.165, 1.54) is 18.6 Å². The number of aromatic amines is 1. The summed E-state index contributed by atoms with van der Waals surface area (Å²) in [5, 5.41) is 9.97. The van der Waals surface area contributed by atoms with Gasteiger partial charge in [-0.2, -0.15) is 5.10 Å². The third-order valence-electron chi connectivity index (χ3n) is 3.77. The highest BCUT2D eigenvalue weighted by atomic mass is 19.1. The van der Waals surface area contributed by atoms with Crippen LogP contribution in [0.15, 0.2) is 24.7 Å². The van der Waals surface area contributed by atoms with Crippen LogP contribution in [0.1, 0.15) is 15.9 Å². The Morgan fingerprint density at radius 3 is 3.27 bits per heavy atom. The standard InChI is InChI=1S/C14H13FN6O/c15-10-1-2-11-12(19-7-18-11)8(10)5-17-14(22)9-6-20-21-4-3-16-13(9)21/h1-2,6-7,16H,3-5H2,(H,17,22)(H,18,19). The number of hydrogen-bond acceptors (Lipinski definition) is 4. The van der Waals surface area contributed by atoms with Crippen molar-refractivity contribution in [3.05, 3.63) is 41.6 Å². The molecule has 3 N–H and O–H groups in total. The van der Waals surface area contributed by atoms with Gasteiger partial charge in [0.1, 0.15) is 17.2 Å². The lowest BCUT2D eigenvalue weighted by Gasteiger charge is -2.07. The Balaban J connectivity index is 1.57. The van der Waals surface area contributed by atoms with Crippen molar-refractivity contribution in [3.8, 4) is 0 Å². The van der Waals surface area contributed by atoms with E-state index in [4.69, 9.17) is 0 Å². The van der Waals surface area contributed by atoms with Crippen LogP contribution in [0.3, 0.4) is 0 Å². The number of carbonyl (C=O) groups excluding carboxylic acids is 1. The average Bonchev–Trinajstić information content (AvgIpc) is 3.21. The van der Waals surface area contributed by atoms with Crippen LogP contribution in [0, 0.1) is 5.82 Å². The molecule has 7 nitrogen and oxygen atoms in total. The first-order valence-corrected chi connectivity index (χ1v) is 6.92. The molecule has 0 radical (unpaired) electrons. The fraction of sp³-hybridized carbons (Fsp3) is 0.214. The molecule has 22 heavy (non-hydrogen) atoms. The van der Waals surface area contributed by atoms with Crippen LogP contribution in [0.25, 0.3) is 11.0 Å². The Morgan fingerprint density at radius 1 is 1.45 bits per heavy atom. The minimum atomic E-state index is -0.390. The highest BCUT2D eigenvalue weighted by molar-refractivity contribution is 5.99. The molecule has 1 aliphatic heterocycles. The highest BCUT2D eigenvalue weighted by Gasteiger charge is 2.21. The third-order valence-corrected chi connectivity index (χ3v) is 3.77. The van der Waals surface area contributed by atoms with Gasteiger partial charge in [-0.25, -0.2) is 14.1 Å². The van der Waals surface area contributed by atoms with Gasteiger partial charge >= 0.3 is 0 Å². The van der Waals surface area contributed by atoms with Gasteiger partial charge in [0.25, 0.3) is 5.91 Å². The summed E-state index contributed by atoms with van der Waals surface area (Å²) in [6.45, 7) is 1.56. The lowest BCUT2D eigenvalue weighted by Crippen LogP contribution is -2.24. The Morgan fingerprint density at radius 2 is 2.36 bits per heavy atom. The van der Waals surface area contributed by atoms with E-state index in [0.29, 0.717) is 22.5 Å². The molecule has 1 amide bonds. The third kappa shape index (κ3) is 1.92. The van der Waals surface area contributed by atoms with Crippen LogP contribution < -0.4 is 10.6 Å². The Kier molecular flexibility index (Phi) is 2.81. The van der Waals surface area contributed by atoms with E-state index in [1.807, 2.05) is 0 Å². The van der Waals surface area contributed by atoms with Gasteiger partial charge in [0.15, 0.2) is 0 Å². The van der Waals surface area contributed by atoms with Crippen LogP contribution in [-0.4, -0.2) is 32.2 Å². The number of carbonyl (C=O) groups is 1. The number of halogens is 1. The van der Waals surface area contributed by atoms with Gasteiger partial charge in [0.05, 0.1) is 30.1 Å². The topological polar surface area (TPSA) is 87.6 Å². The van der Waals surface area contributed by atoms with Gasteiger partial charge in [0, 0.05) is 18.7 Å². The predicted molar refractivity (Wildman–Crippen MR) is 77.9 cm³/mol. The average molecular weight is 300 g/mol. The maximum atomic E-state index is 14.0. The molecule has 3 aromatic rings. The van der Waals surface area contributed by atoms with Crippen molar-refractivity contribution < 1.29 is 9.18 Å². The first-order valence-electron chi connectivity index (χ1n) is 6.92. The summed E-state index contributed by atoms with van der Waals surface area (Å²) in [4.78, 5) is 19.3. The number of nitrogens with one attached hydrogen (secondary N) is 3. The first kappa shape index (κ1) is 12.8. The molecule has 0 saturated carbocycles. The molecule has 8 heteroatoms. The second kappa shape index (κ2) is 4.83. The fourth-order valence-corrected chi connectivity index (χ4v) is 2.66. The predicted octanol–water partition coefficient (Wildman–Crippen LogP) is 1.25. The van der Waals surface area contributed by atoms with Crippen molar-refractivity contribution in [1.82, 2.24) is 25.1 Å². The molecular weight excluding hydrogens is 287 g/mol. The number of rotatable bonds is 3. The zero-order valence-electron chi connectivity index (χ0n) is 11.6. The van der Waals surface area contributed by atoms with Crippen molar-refractivity contribution in [2.75, 3.05) is 11.9 Å². The van der Waals surface area contributed by atoms with E-state index >= 15 is 0 Å². The van der Waals surface area contributed by atoms with Gasteiger partial charge in [-0.1, -0.05) is 0 Å². The van der Waals surface area contributed by atoms with Crippen LogP contribution >= 0.6 is 0 Å². The van der Waals surface area contributed by atoms with Crippen molar-refractivity contribution in [2.45, 2.75) is 13.1 Å². The molecular formula is C14H13FN6O. The molecule has 0 aliphatic carbocycles. The summed E-state index contributed by atoms with van der Waals surface area (Å²) in [6.07, 6.45) is 3.02. The summed E-state index contributed by atoms with van der Waals surface area (Å²) in [5.41, 5.74) is 2.09. The Labute approximate surface area is 124 Å². The molecule has 0 unspecified atom stereocenters. The zero-order chi connectivity index (χ0) is 15.1. The lowest BCUT2D eigenvalue weighted by molar-refractivity contribution is 0.0951. The molecule has 0 saturated heterocycles. The van der Waals surface area contributed by atoms with E-state index in [1.54, 1.807) is 10.7 Å². The molecule has 2 aromatic heterocycles. The fourth-order valence-electron chi connectivity index (χ4n) is 2.66. The largest absolute Gasteiger partial charge is 0.368 e. The van der Waals surface area contributed by atoms with Gasteiger partial charge in [-0.15, -0.1) is 0 Å². The maximum absolute atomic E-state index is 14.0. The van der Waals surface area contributed by atoms with E-state index in [2.05, 4.69) is 25.7 Å². The SMILES string of the molecule is O=C(NCc1c(F)ccc2[nH]cnc12)c1cnn2c1NCC2. The van der Waals surface area contributed by atoms with Gasteiger partial charge in [-0.3, -0.25) is 4.79 Å². The zero-order valence-corrected chi connectivity index (χ0v) is 11.6. The van der Waals surface area contributed by atoms with E-state index in [0.717, 1.165) is 18.6 Å². The molecule has 0 bridgehead atoms. The van der Waals surface area contributed by atoms with E-state index < -0.39 is 5.82 Å². The van der Waals surface area contributed by atoms with Crippen molar-refractivity contribution >= 4 is 22.8 Å². The molecule has 0 fully saturated rings. The molecule has 0 spiro atoms. The van der Waals surface area contributed by atoms with Crippen molar-refractivity contribution in [2.24, 2.45) is 0 Å². The smallest absolute Gasteiger partial charge is 0.256 e. The Hall–Kier alpha value is -2.90. The highest BCUT2D eigenvalue weighted by Crippen LogP contribution is 2.21. The molecule has 3 heterocycles. The number of imidazole rings is 1. The quantitative estimate of drug-likeness (QED) is 0.679. The number of fused-ring (bicyclic) bond motifs is 2. The van der Waals surface area contributed by atoms with Gasteiger partial charge in [-0.05, 0) is 12.1 Å². The first-order chi connectivity index (χ1) is 10.7. The normalized spacial score (nSPS) is 13.1. The van der Waals surface area contributed by atoms with Crippen LogP contribution in [0.5, 0.6) is 0 Å². The number of benzene rings is 1. The number of anilines is 1. The van der Waals surface area contributed by atoms with Crippen LogP contribution in [0.4, 0.5) is 10.2 Å². The number of aromatic nitrogens is 4. The lowest BCUT2D eigenvalue weighted by atomic mass is 10.1. The number of hydrogen-bond donors (Lipinski definition) is 3. The number of nitrogens with zero attached hydrogens (tertiary/aromatic N) is 3. The molecule has 112 valence electrons.